The molecule has 0 amide bonds. The fourth-order valence-electron chi connectivity index (χ4n) is 7.78. The summed E-state index contributed by atoms with van der Waals surface area (Å²) in [7, 11) is 0. The number of carbonyl (C=O) groups is 2. The minimum Gasteiger partial charge on any atom is -0.456 e. The van der Waals surface area contributed by atoms with Crippen LogP contribution in [0.15, 0.2) is 147 Å². The van der Waals surface area contributed by atoms with Crippen LogP contribution in [0.25, 0.3) is 0 Å². The maximum Gasteiger partial charge on any atom is 0.323 e. The Morgan fingerprint density at radius 1 is 0.557 bits per heavy atom. The van der Waals surface area contributed by atoms with Crippen molar-refractivity contribution in [3.05, 3.63) is 175 Å². The molecule has 324 valence electrons. The van der Waals surface area contributed by atoms with Crippen molar-refractivity contribution >= 4 is 59.7 Å². The lowest BCUT2D eigenvalue weighted by atomic mass is 10.1. The zero-order chi connectivity index (χ0) is 43.6. The molecule has 0 saturated carbocycles. The molecule has 7 nitrogen and oxygen atoms in total. The maximum absolute atomic E-state index is 12.8. The molecular formula is C51H59Br3N2O5. The second kappa shape index (κ2) is 25.5. The molecule has 0 aliphatic carbocycles. The van der Waals surface area contributed by atoms with Crippen molar-refractivity contribution in [3.63, 3.8) is 0 Å². The third-order valence-electron chi connectivity index (χ3n) is 11.0. The van der Waals surface area contributed by atoms with Crippen molar-refractivity contribution in [1.82, 2.24) is 9.80 Å². The molecule has 5 aromatic carbocycles. The number of rotatable bonds is 14. The van der Waals surface area contributed by atoms with Crippen molar-refractivity contribution in [1.29, 1.82) is 0 Å². The van der Waals surface area contributed by atoms with Gasteiger partial charge in [0.2, 0.25) is 0 Å². The van der Waals surface area contributed by atoms with Crippen LogP contribution >= 0.6 is 47.8 Å². The number of esters is 2. The van der Waals surface area contributed by atoms with Gasteiger partial charge in [0, 0.05) is 26.5 Å². The van der Waals surface area contributed by atoms with Crippen LogP contribution in [0.1, 0.15) is 112 Å². The van der Waals surface area contributed by atoms with Crippen molar-refractivity contribution in [2.75, 3.05) is 13.1 Å². The second-order valence-electron chi connectivity index (χ2n) is 15.5. The quantitative estimate of drug-likeness (QED) is 0.111. The predicted octanol–water partition coefficient (Wildman–Crippen LogP) is 13.1. The van der Waals surface area contributed by atoms with Crippen LogP contribution in [0.4, 0.5) is 0 Å². The van der Waals surface area contributed by atoms with E-state index in [2.05, 4.69) is 95.7 Å². The van der Waals surface area contributed by atoms with E-state index < -0.39 is 0 Å². The summed E-state index contributed by atoms with van der Waals surface area (Å²) in [6.07, 6.45) is 5.43. The van der Waals surface area contributed by atoms with Crippen LogP contribution < -0.4 is 0 Å². The Morgan fingerprint density at radius 3 is 1.30 bits per heavy atom. The highest BCUT2D eigenvalue weighted by molar-refractivity contribution is 9.11. The van der Waals surface area contributed by atoms with E-state index in [4.69, 9.17) is 9.47 Å². The number of likely N-dealkylation sites (tertiary alicyclic amines) is 2. The first-order valence-corrected chi connectivity index (χ1v) is 23.9. The van der Waals surface area contributed by atoms with Crippen molar-refractivity contribution in [2.24, 2.45) is 0 Å². The van der Waals surface area contributed by atoms with E-state index in [-0.39, 0.29) is 42.3 Å². The van der Waals surface area contributed by atoms with E-state index in [1.165, 1.54) is 11.1 Å². The van der Waals surface area contributed by atoms with E-state index in [9.17, 15) is 14.7 Å². The Balaban J connectivity index is 0.000000186. The zero-order valence-electron chi connectivity index (χ0n) is 35.5. The van der Waals surface area contributed by atoms with Gasteiger partial charge in [-0.15, -0.1) is 0 Å². The van der Waals surface area contributed by atoms with Gasteiger partial charge in [-0.25, -0.2) is 0 Å². The van der Waals surface area contributed by atoms with E-state index in [1.807, 2.05) is 116 Å². The van der Waals surface area contributed by atoms with E-state index >= 15 is 0 Å². The Morgan fingerprint density at radius 2 is 0.934 bits per heavy atom. The predicted molar refractivity (Wildman–Crippen MR) is 256 cm³/mol. The summed E-state index contributed by atoms with van der Waals surface area (Å²) in [4.78, 5) is 30.1. The van der Waals surface area contributed by atoms with Crippen LogP contribution in [0.2, 0.25) is 0 Å². The fraction of sp³-hybridized carbons (Fsp3) is 0.373. The largest absolute Gasteiger partial charge is 0.456 e. The Labute approximate surface area is 388 Å². The molecule has 0 radical (unpaired) electrons. The van der Waals surface area contributed by atoms with Crippen LogP contribution in [-0.2, 0) is 32.2 Å². The molecule has 0 spiro atoms. The van der Waals surface area contributed by atoms with Crippen molar-refractivity contribution < 1.29 is 24.2 Å². The summed E-state index contributed by atoms with van der Waals surface area (Å²) < 4.78 is 14.8. The highest BCUT2D eigenvalue weighted by Crippen LogP contribution is 2.30. The van der Waals surface area contributed by atoms with Gasteiger partial charge in [-0.2, -0.15) is 0 Å². The Bertz CT molecular complexity index is 1960. The zero-order valence-corrected chi connectivity index (χ0v) is 40.2. The molecule has 10 heteroatoms. The lowest BCUT2D eigenvalue weighted by molar-refractivity contribution is -0.156. The molecule has 61 heavy (non-hydrogen) atoms. The molecule has 1 unspecified atom stereocenters. The average Bonchev–Trinajstić information content (AvgIpc) is 3.95. The SMILES string of the molecule is CCC(O)c1cccc(Br)c1.CC[C@@H](OC(=O)[C@@H]1CCCN1Cc1ccccc1)c1cccc(Br)c1.CC[C@H](OC(=O)[C@@H]1CCCN1Cc1ccccc1)c1cccc(Br)c1. The Hall–Kier alpha value is -3.64. The minimum absolute atomic E-state index is 0.0970. The first-order chi connectivity index (χ1) is 29.6. The molecule has 5 aromatic rings. The monoisotopic (exact) mass is 1020 g/mol. The number of halogens is 3. The third-order valence-corrected chi connectivity index (χ3v) is 12.5. The van der Waals surface area contributed by atoms with Crippen molar-refractivity contribution in [2.45, 2.75) is 109 Å². The maximum atomic E-state index is 12.8. The second-order valence-corrected chi connectivity index (χ2v) is 18.2. The highest BCUT2D eigenvalue weighted by Gasteiger charge is 2.34. The molecule has 0 aromatic heterocycles. The molecule has 5 atom stereocenters. The number of aliphatic hydroxyl groups excluding tert-OH is 1. The first kappa shape index (κ1) is 48.4. The summed E-state index contributed by atoms with van der Waals surface area (Å²) in [5.74, 6) is -0.194. The number of benzene rings is 5. The van der Waals surface area contributed by atoms with Gasteiger partial charge in [-0.05, 0) is 122 Å². The first-order valence-electron chi connectivity index (χ1n) is 21.5. The van der Waals surface area contributed by atoms with Crippen LogP contribution in [-0.4, -0.2) is 52.0 Å². The molecule has 2 aliphatic rings. The average molecular weight is 1020 g/mol. The van der Waals surface area contributed by atoms with Gasteiger partial charge in [0.25, 0.3) is 0 Å². The normalized spacial score (nSPS) is 17.8. The van der Waals surface area contributed by atoms with Gasteiger partial charge in [0.1, 0.15) is 24.3 Å². The molecule has 2 fully saturated rings. The van der Waals surface area contributed by atoms with E-state index in [0.717, 1.165) is 101 Å². The lowest BCUT2D eigenvalue weighted by Gasteiger charge is -2.25. The number of nitrogens with zero attached hydrogens (tertiary/aromatic N) is 2. The summed E-state index contributed by atoms with van der Waals surface area (Å²) in [6.45, 7) is 9.56. The molecule has 2 heterocycles. The standard InChI is InChI=1S/2C21H24BrNO2.C9H11BrO/c2*1-2-20(17-10-6-11-18(22)14-17)25-21(24)19-12-7-13-23(19)15-16-8-4-3-5-9-16;1-2-9(11)7-4-3-5-8(10)6-7/h2*3-6,8-11,14,19-20H,2,7,12-13,15H2,1H3;3-6,9,11H,2H2,1H3/t19-,20+;19-,20-;/m00./s1. The minimum atomic E-state index is -0.326. The molecule has 0 bridgehead atoms. The number of ether oxygens (including phenoxy) is 2. The van der Waals surface area contributed by atoms with Crippen LogP contribution in [0.5, 0.6) is 0 Å². The van der Waals surface area contributed by atoms with Gasteiger partial charge in [0.15, 0.2) is 0 Å². The summed E-state index contributed by atoms with van der Waals surface area (Å²) in [6, 6.07) is 44.1. The summed E-state index contributed by atoms with van der Waals surface area (Å²) in [5.41, 5.74) is 5.53. The third kappa shape index (κ3) is 15.3. The number of hydrogen-bond donors (Lipinski definition) is 1. The molecule has 1 N–H and O–H groups in total. The Kier molecular flexibility index (Phi) is 20.2. The molecular weight excluding hydrogens is 960 g/mol. The van der Waals surface area contributed by atoms with Crippen molar-refractivity contribution in [3.8, 4) is 0 Å². The summed E-state index contributed by atoms with van der Waals surface area (Å²) in [5, 5.41) is 9.43. The number of aliphatic hydroxyl groups is 1. The number of hydrogen-bond acceptors (Lipinski definition) is 7. The van der Waals surface area contributed by atoms with Gasteiger partial charge < -0.3 is 14.6 Å². The van der Waals surface area contributed by atoms with Crippen LogP contribution in [0, 0.1) is 0 Å². The van der Waals surface area contributed by atoms with Gasteiger partial charge in [-0.1, -0.05) is 166 Å². The fourth-order valence-corrected chi connectivity index (χ4v) is 9.03. The molecule has 7 rings (SSSR count). The lowest BCUT2D eigenvalue weighted by Crippen LogP contribution is -2.37. The smallest absolute Gasteiger partial charge is 0.323 e. The number of carbonyl (C=O) groups excluding carboxylic acids is 2. The molecule has 2 aliphatic heterocycles. The highest BCUT2D eigenvalue weighted by atomic mass is 79.9. The van der Waals surface area contributed by atoms with E-state index in [1.54, 1.807) is 0 Å². The van der Waals surface area contributed by atoms with Gasteiger partial charge in [0.05, 0.1) is 6.10 Å². The van der Waals surface area contributed by atoms with Gasteiger partial charge in [-0.3, -0.25) is 19.4 Å². The van der Waals surface area contributed by atoms with Crippen LogP contribution in [0.3, 0.4) is 0 Å². The van der Waals surface area contributed by atoms with E-state index in [0.29, 0.717) is 0 Å². The van der Waals surface area contributed by atoms with Gasteiger partial charge >= 0.3 is 11.9 Å². The topological polar surface area (TPSA) is 79.3 Å². The molecule has 2 saturated heterocycles. The summed E-state index contributed by atoms with van der Waals surface area (Å²) >= 11 is 10.3.